The highest BCUT2D eigenvalue weighted by molar-refractivity contribution is 7.89. The smallest absolute Gasteiger partial charge is 0.246 e. The number of hydrogen-bond donors (Lipinski definition) is 2. The molecule has 0 saturated heterocycles. The van der Waals surface area contributed by atoms with Crippen molar-refractivity contribution in [3.05, 3.63) is 40.8 Å². The molecule has 0 aliphatic carbocycles. The van der Waals surface area contributed by atoms with E-state index < -0.39 is 10.0 Å². The van der Waals surface area contributed by atoms with E-state index in [4.69, 9.17) is 5.73 Å². The zero-order chi connectivity index (χ0) is 15.8. The van der Waals surface area contributed by atoms with E-state index in [-0.39, 0.29) is 23.1 Å². The Hall–Kier alpha value is -1.93. The van der Waals surface area contributed by atoms with Gasteiger partial charge in [-0.05, 0) is 30.5 Å². The van der Waals surface area contributed by atoms with Gasteiger partial charge in [0.05, 0.1) is 0 Å². The highest BCUT2D eigenvalue weighted by Gasteiger charge is 2.20. The Bertz CT molecular complexity index is 760. The van der Waals surface area contributed by atoms with E-state index in [2.05, 4.69) is 9.82 Å². The highest BCUT2D eigenvalue weighted by Crippen LogP contribution is 2.18. The lowest BCUT2D eigenvalue weighted by atomic mass is 10.1. The summed E-state index contributed by atoms with van der Waals surface area (Å²) in [4.78, 5) is -0.0689. The van der Waals surface area contributed by atoms with Crippen molar-refractivity contribution in [2.45, 2.75) is 25.3 Å². The predicted octanol–water partition coefficient (Wildman–Crippen LogP) is 1.24. The van der Waals surface area contributed by atoms with Crippen LogP contribution in [0.2, 0.25) is 0 Å². The van der Waals surface area contributed by atoms with E-state index in [9.17, 15) is 12.8 Å². The Morgan fingerprint density at radius 3 is 2.38 bits per heavy atom. The molecule has 8 heteroatoms. The number of nitrogens with one attached hydrogen (secondary N) is 1. The maximum absolute atomic E-state index is 13.5. The molecule has 0 aliphatic rings. The molecule has 3 N–H and O–H groups in total. The molecular formula is C13H17FN4O2S. The maximum atomic E-state index is 13.5. The molecule has 1 heterocycles. The van der Waals surface area contributed by atoms with Gasteiger partial charge in [0, 0.05) is 19.8 Å². The van der Waals surface area contributed by atoms with Crippen LogP contribution >= 0.6 is 0 Å². The van der Waals surface area contributed by atoms with Gasteiger partial charge in [-0.3, -0.25) is 4.68 Å². The van der Waals surface area contributed by atoms with Gasteiger partial charge in [0.1, 0.15) is 10.7 Å². The fourth-order valence-electron chi connectivity index (χ4n) is 2.08. The van der Waals surface area contributed by atoms with Crippen LogP contribution in [0.3, 0.4) is 0 Å². The summed E-state index contributed by atoms with van der Waals surface area (Å²) >= 11 is 0. The van der Waals surface area contributed by atoms with Crippen molar-refractivity contribution in [2.24, 2.45) is 7.05 Å². The molecule has 0 bridgehead atoms. The van der Waals surface area contributed by atoms with Gasteiger partial charge >= 0.3 is 0 Å². The Labute approximate surface area is 122 Å². The molecule has 21 heavy (non-hydrogen) atoms. The van der Waals surface area contributed by atoms with Gasteiger partial charge in [0.2, 0.25) is 10.0 Å². The highest BCUT2D eigenvalue weighted by atomic mass is 32.2. The molecule has 0 aliphatic heterocycles. The first-order chi connectivity index (χ1) is 9.70. The summed E-state index contributed by atoms with van der Waals surface area (Å²) in [6, 6.07) is 3.22. The molecule has 0 fully saturated rings. The van der Waals surface area contributed by atoms with E-state index >= 15 is 0 Å². The van der Waals surface area contributed by atoms with Crippen LogP contribution in [-0.2, 0) is 23.6 Å². The molecule has 0 amide bonds. The second-order valence-electron chi connectivity index (χ2n) is 4.92. The second-order valence-corrected chi connectivity index (χ2v) is 6.66. The summed E-state index contributed by atoms with van der Waals surface area (Å²) in [5, 5.41) is 3.80. The fraction of sp³-hybridized carbons (Fsp3) is 0.308. The fourth-order valence-corrected chi connectivity index (χ4v) is 3.20. The summed E-state index contributed by atoms with van der Waals surface area (Å²) in [6.07, 6.45) is 1.33. The second kappa shape index (κ2) is 5.45. The van der Waals surface area contributed by atoms with E-state index in [0.717, 1.165) is 0 Å². The molecule has 0 atom stereocenters. The van der Waals surface area contributed by atoms with Gasteiger partial charge in [-0.15, -0.1) is 0 Å². The molecule has 1 aromatic heterocycles. The van der Waals surface area contributed by atoms with Gasteiger partial charge in [-0.25, -0.2) is 17.5 Å². The Balaban J connectivity index is 2.21. The quantitative estimate of drug-likeness (QED) is 0.888. The summed E-state index contributed by atoms with van der Waals surface area (Å²) in [6.45, 7) is 3.33. The van der Waals surface area contributed by atoms with E-state index in [1.807, 2.05) is 0 Å². The maximum Gasteiger partial charge on any atom is 0.246 e. The number of nitrogen functional groups attached to an aromatic ring is 1. The van der Waals surface area contributed by atoms with E-state index in [1.165, 1.54) is 10.9 Å². The van der Waals surface area contributed by atoms with Crippen molar-refractivity contribution in [3.63, 3.8) is 0 Å². The minimum absolute atomic E-state index is 0.0542. The summed E-state index contributed by atoms with van der Waals surface area (Å²) < 4.78 is 41.6. The van der Waals surface area contributed by atoms with Crippen LogP contribution < -0.4 is 10.5 Å². The van der Waals surface area contributed by atoms with Crippen molar-refractivity contribution in [2.75, 3.05) is 5.73 Å². The molecular weight excluding hydrogens is 295 g/mol. The van der Waals surface area contributed by atoms with Crippen molar-refractivity contribution >= 4 is 15.8 Å². The Morgan fingerprint density at radius 2 is 1.90 bits per heavy atom. The summed E-state index contributed by atoms with van der Waals surface area (Å²) in [5.74, 6) is -0.338. The monoisotopic (exact) mass is 312 g/mol. The number of sulfonamides is 1. The largest absolute Gasteiger partial charge is 0.381 e. The third-order valence-electron chi connectivity index (χ3n) is 3.07. The van der Waals surface area contributed by atoms with Crippen molar-refractivity contribution < 1.29 is 12.8 Å². The average molecular weight is 312 g/mol. The predicted molar refractivity (Wildman–Crippen MR) is 77.5 cm³/mol. The van der Waals surface area contributed by atoms with E-state index in [0.29, 0.717) is 16.7 Å². The number of aromatic nitrogens is 2. The number of halogens is 1. The topological polar surface area (TPSA) is 90.0 Å². The van der Waals surface area contributed by atoms with Gasteiger partial charge in [0.15, 0.2) is 5.82 Å². The third-order valence-corrected chi connectivity index (χ3v) is 4.49. The molecule has 1 aromatic carbocycles. The van der Waals surface area contributed by atoms with E-state index in [1.54, 1.807) is 33.0 Å². The van der Waals surface area contributed by atoms with Gasteiger partial charge in [0.25, 0.3) is 0 Å². The minimum Gasteiger partial charge on any atom is -0.381 e. The number of nitrogens with two attached hydrogens (primary N) is 1. The SMILES string of the molecule is Cc1cc(CNS(=O)(=O)c2cn(C)nc2N)cc(C)c1F. The molecule has 0 saturated carbocycles. The number of aryl methyl sites for hydroxylation is 3. The van der Waals surface area contributed by atoms with Gasteiger partial charge < -0.3 is 5.73 Å². The van der Waals surface area contributed by atoms with Crippen LogP contribution in [0.15, 0.2) is 23.2 Å². The minimum atomic E-state index is -3.76. The van der Waals surface area contributed by atoms with Crippen LogP contribution in [0, 0.1) is 19.7 Å². The molecule has 0 radical (unpaired) electrons. The number of anilines is 1. The number of rotatable bonds is 4. The molecule has 114 valence electrons. The third kappa shape index (κ3) is 3.22. The number of hydrogen-bond acceptors (Lipinski definition) is 4. The van der Waals surface area contributed by atoms with Crippen LogP contribution in [0.25, 0.3) is 0 Å². The van der Waals surface area contributed by atoms with Crippen LogP contribution in [-0.4, -0.2) is 18.2 Å². The zero-order valence-corrected chi connectivity index (χ0v) is 12.8. The first-order valence-corrected chi connectivity index (χ1v) is 7.73. The molecule has 0 spiro atoms. The van der Waals surface area contributed by atoms with Crippen molar-refractivity contribution in [3.8, 4) is 0 Å². The molecule has 2 rings (SSSR count). The normalized spacial score (nSPS) is 11.8. The van der Waals surface area contributed by atoms with Gasteiger partial charge in [-0.1, -0.05) is 12.1 Å². The van der Waals surface area contributed by atoms with Crippen LogP contribution in [0.5, 0.6) is 0 Å². The lowest BCUT2D eigenvalue weighted by Crippen LogP contribution is -2.23. The average Bonchev–Trinajstić information content (AvgIpc) is 2.73. The molecule has 6 nitrogen and oxygen atoms in total. The van der Waals surface area contributed by atoms with Gasteiger partial charge in [-0.2, -0.15) is 5.10 Å². The summed E-state index contributed by atoms with van der Waals surface area (Å²) in [7, 11) is -2.17. The van der Waals surface area contributed by atoms with Crippen molar-refractivity contribution in [1.29, 1.82) is 0 Å². The zero-order valence-electron chi connectivity index (χ0n) is 12.0. The first-order valence-electron chi connectivity index (χ1n) is 6.25. The standard InChI is InChI=1S/C13H17FN4O2S/c1-8-4-10(5-9(2)12(8)14)6-16-21(19,20)11-7-18(3)17-13(11)15/h4-5,7,16H,6H2,1-3H3,(H2,15,17). The van der Waals surface area contributed by atoms with Crippen LogP contribution in [0.1, 0.15) is 16.7 Å². The van der Waals surface area contributed by atoms with Crippen LogP contribution in [0.4, 0.5) is 10.2 Å². The Kier molecular flexibility index (Phi) is 4.02. The number of nitrogens with zero attached hydrogens (tertiary/aromatic N) is 2. The first kappa shape index (κ1) is 15.5. The lowest BCUT2D eigenvalue weighted by molar-refractivity contribution is 0.581. The summed E-state index contributed by atoms with van der Waals surface area (Å²) in [5.41, 5.74) is 7.20. The van der Waals surface area contributed by atoms with Crippen molar-refractivity contribution in [1.82, 2.24) is 14.5 Å². The molecule has 2 aromatic rings. The molecule has 0 unspecified atom stereocenters. The Morgan fingerprint density at radius 1 is 1.33 bits per heavy atom. The lowest BCUT2D eigenvalue weighted by Gasteiger charge is -2.08. The number of benzene rings is 1.